The molecule has 2 rings (SSSR count). The van der Waals surface area contributed by atoms with Gasteiger partial charge >= 0.3 is 0 Å². The van der Waals surface area contributed by atoms with Crippen molar-refractivity contribution >= 4 is 11.9 Å². The number of rotatable bonds is 9. The summed E-state index contributed by atoms with van der Waals surface area (Å²) in [4.78, 5) is 18.5. The Kier molecular flexibility index (Phi) is 9.16. The van der Waals surface area contributed by atoms with Crippen LogP contribution < -0.4 is 10.6 Å². The zero-order chi connectivity index (χ0) is 19.5. The Morgan fingerprint density at radius 3 is 2.37 bits per heavy atom. The van der Waals surface area contributed by atoms with Gasteiger partial charge in [0.1, 0.15) is 0 Å². The van der Waals surface area contributed by atoms with Gasteiger partial charge in [0.2, 0.25) is 0 Å². The maximum Gasteiger partial charge on any atom is 0.253 e. The minimum absolute atomic E-state index is 0.0965. The van der Waals surface area contributed by atoms with Crippen molar-refractivity contribution in [2.24, 2.45) is 10.9 Å². The number of nitrogens with zero attached hydrogens (tertiary/aromatic N) is 2. The van der Waals surface area contributed by atoms with Gasteiger partial charge in [-0.3, -0.25) is 9.79 Å². The zero-order valence-corrected chi connectivity index (χ0v) is 17.3. The first-order chi connectivity index (χ1) is 13.2. The molecule has 0 atom stereocenters. The van der Waals surface area contributed by atoms with E-state index in [-0.39, 0.29) is 5.91 Å². The van der Waals surface area contributed by atoms with E-state index in [9.17, 15) is 4.79 Å². The Morgan fingerprint density at radius 1 is 1.11 bits per heavy atom. The SMILES string of the molecule is CCN(CC)C(=O)c1ccc(CNC(=NC)NCCCC2CCCC2)cc1. The average Bonchev–Trinajstić information content (AvgIpc) is 3.22. The number of guanidine groups is 1. The van der Waals surface area contributed by atoms with Crippen LogP contribution in [0.3, 0.4) is 0 Å². The van der Waals surface area contributed by atoms with E-state index < -0.39 is 0 Å². The van der Waals surface area contributed by atoms with Crippen molar-refractivity contribution in [3.8, 4) is 0 Å². The summed E-state index contributed by atoms with van der Waals surface area (Å²) in [5.74, 6) is 1.88. The molecule has 0 saturated heterocycles. The molecule has 27 heavy (non-hydrogen) atoms. The first-order valence-electron chi connectivity index (χ1n) is 10.5. The molecule has 5 nitrogen and oxygen atoms in total. The summed E-state index contributed by atoms with van der Waals surface area (Å²) in [6.07, 6.45) is 8.19. The smallest absolute Gasteiger partial charge is 0.253 e. The molecule has 1 saturated carbocycles. The number of amides is 1. The van der Waals surface area contributed by atoms with Crippen molar-refractivity contribution in [3.63, 3.8) is 0 Å². The molecule has 0 bridgehead atoms. The van der Waals surface area contributed by atoms with Gasteiger partial charge in [-0.1, -0.05) is 37.8 Å². The van der Waals surface area contributed by atoms with Gasteiger partial charge in [0, 0.05) is 38.8 Å². The molecule has 1 fully saturated rings. The first kappa shape index (κ1) is 21.3. The van der Waals surface area contributed by atoms with Crippen LogP contribution in [-0.4, -0.2) is 43.4 Å². The highest BCUT2D eigenvalue weighted by Crippen LogP contribution is 2.28. The third-order valence-corrected chi connectivity index (χ3v) is 5.49. The molecule has 0 heterocycles. The van der Waals surface area contributed by atoms with Gasteiger partial charge in [-0.2, -0.15) is 0 Å². The molecule has 1 amide bonds. The fraction of sp³-hybridized carbons (Fsp3) is 0.636. The van der Waals surface area contributed by atoms with Crippen molar-refractivity contribution < 1.29 is 4.79 Å². The third-order valence-electron chi connectivity index (χ3n) is 5.49. The van der Waals surface area contributed by atoms with Gasteiger partial charge in [0.15, 0.2) is 5.96 Å². The van der Waals surface area contributed by atoms with Gasteiger partial charge in [-0.25, -0.2) is 0 Å². The fourth-order valence-corrected chi connectivity index (χ4v) is 3.76. The molecule has 0 radical (unpaired) electrons. The monoisotopic (exact) mass is 372 g/mol. The van der Waals surface area contributed by atoms with Crippen molar-refractivity contribution in [3.05, 3.63) is 35.4 Å². The van der Waals surface area contributed by atoms with Gasteiger partial charge < -0.3 is 15.5 Å². The lowest BCUT2D eigenvalue weighted by Gasteiger charge is -2.18. The van der Waals surface area contributed by atoms with E-state index in [4.69, 9.17) is 0 Å². The summed E-state index contributed by atoms with van der Waals surface area (Å²) in [7, 11) is 1.80. The third kappa shape index (κ3) is 6.89. The molecular weight excluding hydrogens is 336 g/mol. The summed E-state index contributed by atoms with van der Waals surface area (Å²) in [6, 6.07) is 7.85. The first-order valence-corrected chi connectivity index (χ1v) is 10.5. The second-order valence-electron chi connectivity index (χ2n) is 7.32. The zero-order valence-electron chi connectivity index (χ0n) is 17.3. The largest absolute Gasteiger partial charge is 0.356 e. The lowest BCUT2D eigenvalue weighted by molar-refractivity contribution is 0.0773. The van der Waals surface area contributed by atoms with Crippen LogP contribution in [0, 0.1) is 5.92 Å². The van der Waals surface area contributed by atoms with Crippen LogP contribution in [0.15, 0.2) is 29.3 Å². The molecule has 1 aromatic carbocycles. The molecule has 0 aliphatic heterocycles. The van der Waals surface area contributed by atoms with Gasteiger partial charge in [-0.05, 0) is 50.3 Å². The minimum atomic E-state index is 0.0965. The van der Waals surface area contributed by atoms with Crippen molar-refractivity contribution in [1.82, 2.24) is 15.5 Å². The molecule has 0 spiro atoms. The van der Waals surface area contributed by atoms with Crippen LogP contribution in [0.1, 0.15) is 68.3 Å². The van der Waals surface area contributed by atoms with Crippen molar-refractivity contribution in [1.29, 1.82) is 0 Å². The van der Waals surface area contributed by atoms with Crippen molar-refractivity contribution in [2.75, 3.05) is 26.7 Å². The lowest BCUT2D eigenvalue weighted by atomic mass is 10.0. The van der Waals surface area contributed by atoms with E-state index in [2.05, 4.69) is 15.6 Å². The van der Waals surface area contributed by atoms with Crippen LogP contribution in [0.5, 0.6) is 0 Å². The molecule has 0 unspecified atom stereocenters. The van der Waals surface area contributed by atoms with E-state index in [1.807, 2.05) is 43.0 Å². The van der Waals surface area contributed by atoms with E-state index in [1.165, 1.54) is 38.5 Å². The van der Waals surface area contributed by atoms with Crippen LogP contribution in [0.2, 0.25) is 0 Å². The van der Waals surface area contributed by atoms with Crippen LogP contribution in [0.4, 0.5) is 0 Å². The van der Waals surface area contributed by atoms with Gasteiger partial charge in [0.25, 0.3) is 5.91 Å². The summed E-state index contributed by atoms with van der Waals surface area (Å²) in [6.45, 7) is 7.15. The number of hydrogen-bond donors (Lipinski definition) is 2. The highest BCUT2D eigenvalue weighted by Gasteiger charge is 2.14. The molecule has 5 heteroatoms. The average molecular weight is 373 g/mol. The van der Waals surface area contributed by atoms with E-state index in [0.717, 1.165) is 42.6 Å². The lowest BCUT2D eigenvalue weighted by Crippen LogP contribution is -2.37. The highest BCUT2D eigenvalue weighted by molar-refractivity contribution is 5.94. The Bertz CT molecular complexity index is 587. The normalized spacial score (nSPS) is 15.0. The molecule has 2 N–H and O–H groups in total. The Hall–Kier alpha value is -2.04. The summed E-state index contributed by atoms with van der Waals surface area (Å²) >= 11 is 0. The van der Waals surface area contributed by atoms with Crippen molar-refractivity contribution in [2.45, 2.75) is 58.9 Å². The number of hydrogen-bond acceptors (Lipinski definition) is 2. The summed E-state index contributed by atoms with van der Waals surface area (Å²) < 4.78 is 0. The van der Waals surface area contributed by atoms with E-state index >= 15 is 0 Å². The Balaban J connectivity index is 1.72. The number of benzene rings is 1. The van der Waals surface area contributed by atoms with Gasteiger partial charge in [-0.15, -0.1) is 0 Å². The topological polar surface area (TPSA) is 56.7 Å². The van der Waals surface area contributed by atoms with Crippen LogP contribution >= 0.6 is 0 Å². The standard InChI is InChI=1S/C22H36N4O/c1-4-26(5-2)21(27)20-14-12-19(13-15-20)17-25-22(23-3)24-16-8-11-18-9-6-7-10-18/h12-15,18H,4-11,16-17H2,1-3H3,(H2,23,24,25). The number of aliphatic imine (C=N–C) groups is 1. The maximum atomic E-state index is 12.4. The summed E-state index contributed by atoms with van der Waals surface area (Å²) in [5, 5.41) is 6.75. The number of carbonyl (C=O) groups is 1. The highest BCUT2D eigenvalue weighted by atomic mass is 16.2. The van der Waals surface area contributed by atoms with E-state index in [1.54, 1.807) is 7.05 Å². The molecule has 1 aromatic rings. The van der Waals surface area contributed by atoms with Crippen LogP contribution in [-0.2, 0) is 6.54 Å². The van der Waals surface area contributed by atoms with E-state index in [0.29, 0.717) is 6.54 Å². The molecule has 150 valence electrons. The Morgan fingerprint density at radius 2 is 1.78 bits per heavy atom. The van der Waals surface area contributed by atoms with Gasteiger partial charge in [0.05, 0.1) is 0 Å². The quantitative estimate of drug-likeness (QED) is 0.394. The predicted molar refractivity (Wildman–Crippen MR) is 113 cm³/mol. The molecular formula is C22H36N4O. The summed E-state index contributed by atoms with van der Waals surface area (Å²) in [5.41, 5.74) is 1.89. The Labute approximate surface area is 164 Å². The maximum absolute atomic E-state index is 12.4. The molecule has 0 aromatic heterocycles. The molecule has 1 aliphatic rings. The second kappa shape index (κ2) is 11.6. The second-order valence-corrected chi connectivity index (χ2v) is 7.32. The predicted octanol–water partition coefficient (Wildman–Crippen LogP) is 3.80. The number of carbonyl (C=O) groups excluding carboxylic acids is 1. The minimum Gasteiger partial charge on any atom is -0.356 e. The fourth-order valence-electron chi connectivity index (χ4n) is 3.76. The molecule has 1 aliphatic carbocycles. The number of nitrogens with one attached hydrogen (secondary N) is 2. The van der Waals surface area contributed by atoms with Crippen LogP contribution in [0.25, 0.3) is 0 Å².